The number of carbonyl (C=O) groups is 1. The van der Waals surface area contributed by atoms with Gasteiger partial charge < -0.3 is 20.0 Å². The smallest absolute Gasteiger partial charge is 0.361 e. The van der Waals surface area contributed by atoms with Gasteiger partial charge in [-0.1, -0.05) is 23.7 Å². The standard InChI is InChI=1S/C21H24N6O4/c1-15-18(14-26-12-9-19(23-26)27(29)30)20(24-31-15)21(28)22-17-7-5-16(6-8-17)13-25-10-3-2-4-11-25/h5-9,12H,2-4,10-11,13-14H2,1H3,(H,22,28). The second-order valence-electron chi connectivity index (χ2n) is 7.68. The van der Waals surface area contributed by atoms with Gasteiger partial charge in [0.1, 0.15) is 5.76 Å². The van der Waals surface area contributed by atoms with Crippen LogP contribution < -0.4 is 5.32 Å². The van der Waals surface area contributed by atoms with Crippen molar-refractivity contribution in [3.63, 3.8) is 0 Å². The van der Waals surface area contributed by atoms with Gasteiger partial charge >= 0.3 is 5.82 Å². The molecule has 0 radical (unpaired) electrons. The number of nitro groups is 1. The molecule has 10 nitrogen and oxygen atoms in total. The zero-order valence-corrected chi connectivity index (χ0v) is 17.3. The van der Waals surface area contributed by atoms with Crippen molar-refractivity contribution in [1.29, 1.82) is 0 Å². The van der Waals surface area contributed by atoms with Gasteiger partial charge in [-0.05, 0) is 55.5 Å². The van der Waals surface area contributed by atoms with E-state index < -0.39 is 10.8 Å². The van der Waals surface area contributed by atoms with Crippen LogP contribution >= 0.6 is 0 Å². The van der Waals surface area contributed by atoms with Gasteiger partial charge in [-0.15, -0.1) is 0 Å². The predicted octanol–water partition coefficient (Wildman–Crippen LogP) is 3.37. The van der Waals surface area contributed by atoms with Crippen LogP contribution in [0.25, 0.3) is 0 Å². The minimum Gasteiger partial charge on any atom is -0.361 e. The molecule has 31 heavy (non-hydrogen) atoms. The third kappa shape index (κ3) is 4.97. The molecule has 1 aliphatic rings. The Morgan fingerprint density at radius 2 is 1.90 bits per heavy atom. The lowest BCUT2D eigenvalue weighted by Crippen LogP contribution is -2.29. The lowest BCUT2D eigenvalue weighted by molar-refractivity contribution is -0.389. The van der Waals surface area contributed by atoms with E-state index in [-0.39, 0.29) is 18.1 Å². The molecule has 1 N–H and O–H groups in total. The molecule has 1 fully saturated rings. The van der Waals surface area contributed by atoms with Crippen LogP contribution in [0.1, 0.15) is 46.6 Å². The molecule has 0 unspecified atom stereocenters. The second kappa shape index (κ2) is 9.09. The molecular weight excluding hydrogens is 400 g/mol. The van der Waals surface area contributed by atoms with E-state index in [1.54, 1.807) is 6.92 Å². The third-order valence-electron chi connectivity index (χ3n) is 5.40. The Hall–Kier alpha value is -3.53. The monoisotopic (exact) mass is 424 g/mol. The van der Waals surface area contributed by atoms with Gasteiger partial charge in [0, 0.05) is 12.2 Å². The number of aryl methyl sites for hydroxylation is 1. The van der Waals surface area contributed by atoms with Gasteiger partial charge in [0.05, 0.1) is 29.5 Å². The summed E-state index contributed by atoms with van der Waals surface area (Å²) in [5.74, 6) is -0.206. The number of nitrogens with zero attached hydrogens (tertiary/aromatic N) is 5. The van der Waals surface area contributed by atoms with Crippen LogP contribution in [0.2, 0.25) is 0 Å². The number of hydrogen-bond donors (Lipinski definition) is 1. The van der Waals surface area contributed by atoms with E-state index in [9.17, 15) is 14.9 Å². The number of amides is 1. The van der Waals surface area contributed by atoms with Crippen LogP contribution in [0.3, 0.4) is 0 Å². The summed E-state index contributed by atoms with van der Waals surface area (Å²) in [6, 6.07) is 9.08. The Kier molecular flexibility index (Phi) is 6.08. The Morgan fingerprint density at radius 1 is 1.16 bits per heavy atom. The maximum Gasteiger partial charge on any atom is 0.389 e. The van der Waals surface area contributed by atoms with Crippen LogP contribution in [0, 0.1) is 17.0 Å². The molecule has 162 valence electrons. The highest BCUT2D eigenvalue weighted by Crippen LogP contribution is 2.19. The van der Waals surface area contributed by atoms with Gasteiger partial charge in [0.25, 0.3) is 5.91 Å². The first-order chi connectivity index (χ1) is 15.0. The van der Waals surface area contributed by atoms with Crippen LogP contribution in [-0.4, -0.2) is 43.8 Å². The Morgan fingerprint density at radius 3 is 2.58 bits per heavy atom. The first kappa shape index (κ1) is 20.7. The van der Waals surface area contributed by atoms with Crippen molar-refractivity contribution < 1.29 is 14.2 Å². The predicted molar refractivity (Wildman–Crippen MR) is 113 cm³/mol. The number of likely N-dealkylation sites (tertiary alicyclic amines) is 1. The fourth-order valence-electron chi connectivity index (χ4n) is 3.71. The summed E-state index contributed by atoms with van der Waals surface area (Å²) in [7, 11) is 0. The average molecular weight is 424 g/mol. The van der Waals surface area contributed by atoms with E-state index in [0.29, 0.717) is 17.0 Å². The number of hydrogen-bond acceptors (Lipinski definition) is 7. The molecule has 0 atom stereocenters. The SMILES string of the molecule is Cc1onc(C(=O)Nc2ccc(CN3CCCCC3)cc2)c1Cn1ccc([N+](=O)[O-])n1. The minimum absolute atomic E-state index is 0.132. The normalized spacial score (nSPS) is 14.5. The maximum absolute atomic E-state index is 12.8. The lowest BCUT2D eigenvalue weighted by atomic mass is 10.1. The summed E-state index contributed by atoms with van der Waals surface area (Å²) >= 11 is 0. The van der Waals surface area contributed by atoms with Gasteiger partial charge in [0.2, 0.25) is 0 Å². The second-order valence-corrected chi connectivity index (χ2v) is 7.68. The van der Waals surface area contributed by atoms with Crippen LogP contribution in [0.15, 0.2) is 41.1 Å². The Bertz CT molecular complexity index is 1070. The minimum atomic E-state index is -0.570. The molecule has 1 amide bonds. The van der Waals surface area contributed by atoms with Crippen LogP contribution in [0.5, 0.6) is 0 Å². The molecule has 1 aliphatic heterocycles. The molecule has 0 saturated carbocycles. The van der Waals surface area contributed by atoms with Crippen LogP contribution in [0.4, 0.5) is 11.5 Å². The van der Waals surface area contributed by atoms with Crippen molar-refractivity contribution in [2.24, 2.45) is 0 Å². The van der Waals surface area contributed by atoms with Crippen molar-refractivity contribution >= 4 is 17.4 Å². The Balaban J connectivity index is 1.42. The van der Waals surface area contributed by atoms with E-state index in [1.165, 1.54) is 41.8 Å². The van der Waals surface area contributed by atoms with Gasteiger partial charge in [-0.3, -0.25) is 9.69 Å². The zero-order chi connectivity index (χ0) is 21.8. The summed E-state index contributed by atoms with van der Waals surface area (Å²) in [5, 5.41) is 21.4. The molecule has 1 saturated heterocycles. The summed E-state index contributed by atoms with van der Waals surface area (Å²) in [6.07, 6.45) is 5.29. The Labute approximate surface area is 179 Å². The summed E-state index contributed by atoms with van der Waals surface area (Å²) in [4.78, 5) is 25.5. The highest BCUT2D eigenvalue weighted by atomic mass is 16.6. The fourth-order valence-corrected chi connectivity index (χ4v) is 3.71. The molecule has 2 aromatic heterocycles. The van der Waals surface area contributed by atoms with Crippen molar-refractivity contribution in [2.75, 3.05) is 18.4 Å². The number of nitrogens with one attached hydrogen (secondary N) is 1. The van der Waals surface area contributed by atoms with Crippen molar-refractivity contribution in [2.45, 2.75) is 39.3 Å². The first-order valence-corrected chi connectivity index (χ1v) is 10.3. The molecular formula is C21H24N6O4. The average Bonchev–Trinajstić information content (AvgIpc) is 3.38. The molecule has 10 heteroatoms. The number of benzene rings is 1. The van der Waals surface area contributed by atoms with Crippen LogP contribution in [-0.2, 0) is 13.1 Å². The number of carbonyl (C=O) groups excluding carboxylic acids is 1. The molecule has 0 spiro atoms. The highest BCUT2D eigenvalue weighted by Gasteiger charge is 2.22. The number of aromatic nitrogens is 3. The highest BCUT2D eigenvalue weighted by molar-refractivity contribution is 6.03. The summed E-state index contributed by atoms with van der Waals surface area (Å²) in [5.41, 5.74) is 2.53. The molecule has 0 aliphatic carbocycles. The van der Waals surface area contributed by atoms with Gasteiger partial charge in [-0.2, -0.15) is 4.68 Å². The van der Waals surface area contributed by atoms with Gasteiger partial charge in [-0.25, -0.2) is 0 Å². The molecule has 1 aromatic carbocycles. The summed E-state index contributed by atoms with van der Waals surface area (Å²) in [6.45, 7) is 5.00. The summed E-state index contributed by atoms with van der Waals surface area (Å²) < 4.78 is 6.57. The van der Waals surface area contributed by atoms with E-state index >= 15 is 0 Å². The van der Waals surface area contributed by atoms with E-state index in [0.717, 1.165) is 19.6 Å². The fraction of sp³-hybridized carbons (Fsp3) is 0.381. The van der Waals surface area contributed by atoms with E-state index in [2.05, 4.69) is 20.5 Å². The van der Waals surface area contributed by atoms with E-state index in [4.69, 9.17) is 4.52 Å². The zero-order valence-electron chi connectivity index (χ0n) is 17.3. The largest absolute Gasteiger partial charge is 0.389 e. The topological polar surface area (TPSA) is 119 Å². The number of piperidine rings is 1. The molecule has 3 aromatic rings. The lowest BCUT2D eigenvalue weighted by Gasteiger charge is -2.26. The molecule has 4 rings (SSSR count). The van der Waals surface area contributed by atoms with Crippen molar-refractivity contribution in [3.05, 3.63) is 69.2 Å². The van der Waals surface area contributed by atoms with E-state index in [1.807, 2.05) is 24.3 Å². The maximum atomic E-state index is 12.8. The quantitative estimate of drug-likeness (QED) is 0.456. The van der Waals surface area contributed by atoms with Gasteiger partial charge in [0.15, 0.2) is 5.69 Å². The molecule has 0 bridgehead atoms. The number of rotatable bonds is 7. The first-order valence-electron chi connectivity index (χ1n) is 10.3. The third-order valence-corrected chi connectivity index (χ3v) is 5.40. The van der Waals surface area contributed by atoms with Crippen molar-refractivity contribution in [3.8, 4) is 0 Å². The molecule has 3 heterocycles. The van der Waals surface area contributed by atoms with Crippen molar-refractivity contribution in [1.82, 2.24) is 19.8 Å². The number of anilines is 1.